The molecule has 0 bridgehead atoms. The first kappa shape index (κ1) is 16.6. The van der Waals surface area contributed by atoms with Crippen molar-refractivity contribution in [3.8, 4) is 16.8 Å². The zero-order valence-corrected chi connectivity index (χ0v) is 15.1. The maximum atomic E-state index is 9.20. The number of rotatable bonds is 4. The largest absolute Gasteiger partial charge is 0.352 e. The van der Waals surface area contributed by atoms with Gasteiger partial charge in [-0.1, -0.05) is 11.2 Å². The van der Waals surface area contributed by atoms with Crippen LogP contribution >= 0.6 is 11.3 Å². The van der Waals surface area contributed by atoms with Gasteiger partial charge in [0.05, 0.1) is 10.9 Å². The zero-order valence-electron chi connectivity index (χ0n) is 14.2. The van der Waals surface area contributed by atoms with E-state index in [2.05, 4.69) is 42.9 Å². The van der Waals surface area contributed by atoms with Gasteiger partial charge in [-0.2, -0.15) is 10.2 Å². The van der Waals surface area contributed by atoms with Crippen molar-refractivity contribution in [1.29, 1.82) is 5.26 Å². The molecule has 3 aromatic rings. The van der Waals surface area contributed by atoms with Gasteiger partial charge in [0.25, 0.3) is 0 Å². The summed E-state index contributed by atoms with van der Waals surface area (Å²) in [5.74, 6) is 1.91. The van der Waals surface area contributed by atoms with E-state index in [4.69, 9.17) is 4.52 Å². The quantitative estimate of drug-likeness (QED) is 0.693. The lowest BCUT2D eigenvalue weighted by molar-refractivity contribution is 0.164. The molecule has 0 radical (unpaired) electrons. The maximum absolute atomic E-state index is 9.20. The first-order valence-electron chi connectivity index (χ1n) is 8.34. The van der Waals surface area contributed by atoms with Crippen molar-refractivity contribution in [3.63, 3.8) is 0 Å². The molecule has 1 atom stereocenters. The van der Waals surface area contributed by atoms with Crippen molar-refractivity contribution in [2.45, 2.75) is 13.0 Å². The Morgan fingerprint density at radius 1 is 1.23 bits per heavy atom. The molecule has 1 saturated heterocycles. The van der Waals surface area contributed by atoms with Crippen molar-refractivity contribution in [1.82, 2.24) is 25.0 Å². The Kier molecular flexibility index (Phi) is 4.60. The summed E-state index contributed by atoms with van der Waals surface area (Å²) in [5.41, 5.74) is 0.367. The summed E-state index contributed by atoms with van der Waals surface area (Å²) < 4.78 is 5.48. The van der Waals surface area contributed by atoms with Gasteiger partial charge in [-0.05, 0) is 18.4 Å². The molecule has 0 saturated carbocycles. The molecule has 1 fully saturated rings. The van der Waals surface area contributed by atoms with E-state index in [0.29, 0.717) is 23.2 Å². The van der Waals surface area contributed by atoms with Crippen molar-refractivity contribution in [2.75, 3.05) is 31.1 Å². The van der Waals surface area contributed by atoms with Gasteiger partial charge in [-0.3, -0.25) is 4.90 Å². The molecule has 8 nitrogen and oxygen atoms in total. The lowest BCUT2D eigenvalue weighted by Gasteiger charge is -2.37. The zero-order chi connectivity index (χ0) is 17.9. The first-order chi connectivity index (χ1) is 12.8. The number of hydrogen-bond acceptors (Lipinski definition) is 9. The summed E-state index contributed by atoms with van der Waals surface area (Å²) in [6.45, 7) is 5.25. The molecule has 9 heteroatoms. The molecule has 132 valence electrons. The standard InChI is InChI=1S/C17H17N7OS/c1-12(17-21-15(22-25-17)14-3-2-10-26-14)23-6-8-24(9-7-23)16-13(11-18)19-4-5-20-16/h2-5,10,12H,6-9H2,1H3. The van der Waals surface area contributed by atoms with Crippen LogP contribution in [0.3, 0.4) is 0 Å². The second kappa shape index (κ2) is 7.19. The van der Waals surface area contributed by atoms with Crippen molar-refractivity contribution in [3.05, 3.63) is 41.5 Å². The van der Waals surface area contributed by atoms with Crippen molar-refractivity contribution in [2.24, 2.45) is 0 Å². The van der Waals surface area contributed by atoms with Crippen molar-refractivity contribution >= 4 is 17.2 Å². The topological polar surface area (TPSA) is 95.0 Å². The van der Waals surface area contributed by atoms with Crippen LogP contribution in [0.5, 0.6) is 0 Å². The van der Waals surface area contributed by atoms with Gasteiger partial charge < -0.3 is 9.42 Å². The van der Waals surface area contributed by atoms with Crippen LogP contribution in [0.25, 0.3) is 10.7 Å². The molecule has 1 unspecified atom stereocenters. The first-order valence-corrected chi connectivity index (χ1v) is 9.22. The fourth-order valence-electron chi connectivity index (χ4n) is 3.03. The van der Waals surface area contributed by atoms with E-state index in [-0.39, 0.29) is 6.04 Å². The number of piperazine rings is 1. The number of thiophene rings is 1. The van der Waals surface area contributed by atoms with E-state index in [0.717, 1.165) is 31.1 Å². The number of nitriles is 1. The molecule has 0 N–H and O–H groups in total. The second-order valence-corrected chi connectivity index (χ2v) is 6.92. The number of aromatic nitrogens is 4. The summed E-state index contributed by atoms with van der Waals surface area (Å²) in [6.07, 6.45) is 3.16. The van der Waals surface area contributed by atoms with Gasteiger partial charge in [0, 0.05) is 38.6 Å². The van der Waals surface area contributed by atoms with Crippen molar-refractivity contribution < 1.29 is 4.52 Å². The van der Waals surface area contributed by atoms with E-state index in [1.807, 2.05) is 17.5 Å². The molecule has 4 rings (SSSR count). The Hall–Kier alpha value is -2.83. The Balaban J connectivity index is 1.42. The number of hydrogen-bond donors (Lipinski definition) is 0. The number of nitrogens with zero attached hydrogens (tertiary/aromatic N) is 7. The van der Waals surface area contributed by atoms with Gasteiger partial charge in [0.2, 0.25) is 11.7 Å². The third kappa shape index (κ3) is 3.16. The molecule has 0 spiro atoms. The van der Waals surface area contributed by atoms with Crippen LogP contribution in [0, 0.1) is 11.3 Å². The van der Waals surface area contributed by atoms with E-state index in [1.165, 1.54) is 0 Å². The van der Waals surface area contributed by atoms with E-state index in [1.54, 1.807) is 23.7 Å². The molecule has 0 amide bonds. The highest BCUT2D eigenvalue weighted by molar-refractivity contribution is 7.13. The Morgan fingerprint density at radius 2 is 2.04 bits per heavy atom. The minimum atomic E-state index is 0.0376. The highest BCUT2D eigenvalue weighted by atomic mass is 32.1. The third-order valence-electron chi connectivity index (χ3n) is 4.49. The molecule has 3 aromatic heterocycles. The van der Waals surface area contributed by atoms with Crippen LogP contribution in [0.1, 0.15) is 24.6 Å². The predicted octanol–water partition coefficient (Wildman–Crippen LogP) is 2.34. The Morgan fingerprint density at radius 3 is 2.77 bits per heavy atom. The minimum absolute atomic E-state index is 0.0376. The third-order valence-corrected chi connectivity index (χ3v) is 5.35. The van der Waals surface area contributed by atoms with Crippen LogP contribution in [-0.2, 0) is 0 Å². The smallest absolute Gasteiger partial charge is 0.244 e. The maximum Gasteiger partial charge on any atom is 0.244 e. The summed E-state index contributed by atoms with van der Waals surface area (Å²) in [4.78, 5) is 18.3. The summed E-state index contributed by atoms with van der Waals surface area (Å²) in [6, 6.07) is 6.10. The van der Waals surface area contributed by atoms with Gasteiger partial charge in [0.1, 0.15) is 6.07 Å². The van der Waals surface area contributed by atoms with Gasteiger partial charge >= 0.3 is 0 Å². The van der Waals surface area contributed by atoms with E-state index >= 15 is 0 Å². The highest BCUT2D eigenvalue weighted by Gasteiger charge is 2.27. The van der Waals surface area contributed by atoms with Crippen LogP contribution in [0.4, 0.5) is 5.82 Å². The van der Waals surface area contributed by atoms with Gasteiger partial charge in [-0.25, -0.2) is 9.97 Å². The summed E-state index contributed by atoms with van der Waals surface area (Å²) >= 11 is 1.59. The molecule has 0 aliphatic carbocycles. The number of anilines is 1. The molecule has 1 aliphatic rings. The van der Waals surface area contributed by atoms with Crippen LogP contribution in [-0.4, -0.2) is 51.2 Å². The summed E-state index contributed by atoms with van der Waals surface area (Å²) in [7, 11) is 0. The SMILES string of the molecule is CC(c1nc(-c2cccs2)no1)N1CCN(c2nccnc2C#N)CC1. The van der Waals surface area contributed by atoms with Crippen LogP contribution in [0.15, 0.2) is 34.4 Å². The van der Waals surface area contributed by atoms with Gasteiger partial charge in [-0.15, -0.1) is 11.3 Å². The lowest BCUT2D eigenvalue weighted by atomic mass is 10.2. The average Bonchev–Trinajstić information content (AvgIpc) is 3.39. The fourth-order valence-corrected chi connectivity index (χ4v) is 3.68. The van der Waals surface area contributed by atoms with Gasteiger partial charge in [0.15, 0.2) is 11.5 Å². The monoisotopic (exact) mass is 367 g/mol. The molecular formula is C17H17N7OS. The van der Waals surface area contributed by atoms with Crippen LogP contribution < -0.4 is 4.90 Å². The Bertz CT molecular complexity index is 909. The fraction of sp³-hybridized carbons (Fsp3) is 0.353. The van der Waals surface area contributed by atoms with E-state index < -0.39 is 0 Å². The molecule has 4 heterocycles. The molecule has 1 aliphatic heterocycles. The predicted molar refractivity (Wildman–Crippen MR) is 96.6 cm³/mol. The van der Waals surface area contributed by atoms with Crippen LogP contribution in [0.2, 0.25) is 0 Å². The molecule has 26 heavy (non-hydrogen) atoms. The molecule has 0 aromatic carbocycles. The second-order valence-electron chi connectivity index (χ2n) is 5.97. The highest BCUT2D eigenvalue weighted by Crippen LogP contribution is 2.26. The van der Waals surface area contributed by atoms with E-state index in [9.17, 15) is 5.26 Å². The average molecular weight is 367 g/mol. The summed E-state index contributed by atoms with van der Waals surface area (Å²) in [5, 5.41) is 15.3. The molecular weight excluding hydrogens is 350 g/mol. The lowest BCUT2D eigenvalue weighted by Crippen LogP contribution is -2.47. The normalized spacial score (nSPS) is 16.4. The minimum Gasteiger partial charge on any atom is -0.352 e. The Labute approximate surface area is 154 Å².